The number of aryl methyl sites for hydroxylation is 1. The molecule has 7 nitrogen and oxygen atoms in total. The number of methoxy groups -OCH3 is 1. The van der Waals surface area contributed by atoms with Crippen LogP contribution in [0.15, 0.2) is 76.5 Å². The number of benzene rings is 2. The first-order chi connectivity index (χ1) is 15.5. The Bertz CT molecular complexity index is 1360. The molecular formula is C25H22N2O5. The summed E-state index contributed by atoms with van der Waals surface area (Å²) in [7, 11) is 3.45. The Balaban J connectivity index is 1.67. The zero-order valence-corrected chi connectivity index (χ0v) is 17.7. The smallest absolute Gasteiger partial charge is 0.290 e. The van der Waals surface area contributed by atoms with Gasteiger partial charge in [-0.1, -0.05) is 36.4 Å². The highest BCUT2D eigenvalue weighted by Crippen LogP contribution is 2.42. The second kappa shape index (κ2) is 7.69. The fraction of sp³-hybridized carbons (Fsp3) is 0.200. The fourth-order valence-corrected chi connectivity index (χ4v) is 4.45. The van der Waals surface area contributed by atoms with Crippen LogP contribution in [-0.4, -0.2) is 46.5 Å². The summed E-state index contributed by atoms with van der Waals surface area (Å²) in [5, 5.41) is 12.5. The molecule has 7 heteroatoms. The lowest BCUT2D eigenvalue weighted by atomic mass is 9.94. The van der Waals surface area contributed by atoms with Crippen LogP contribution in [0.2, 0.25) is 0 Å². The molecule has 1 atom stereocenters. The van der Waals surface area contributed by atoms with Crippen LogP contribution >= 0.6 is 0 Å². The summed E-state index contributed by atoms with van der Waals surface area (Å²) in [4.78, 5) is 28.1. The zero-order valence-electron chi connectivity index (χ0n) is 17.7. The normalized spacial score (nSPS) is 16.6. The van der Waals surface area contributed by atoms with Crippen molar-refractivity contribution in [1.82, 2.24) is 9.47 Å². The van der Waals surface area contributed by atoms with Gasteiger partial charge in [0.15, 0.2) is 11.5 Å². The fourth-order valence-electron chi connectivity index (χ4n) is 4.45. The van der Waals surface area contributed by atoms with Gasteiger partial charge < -0.3 is 23.7 Å². The summed E-state index contributed by atoms with van der Waals surface area (Å²) in [6, 6.07) is 15.9. The highest BCUT2D eigenvalue weighted by molar-refractivity contribution is 6.16. The van der Waals surface area contributed by atoms with Crippen molar-refractivity contribution in [3.05, 3.63) is 83.5 Å². The Morgan fingerprint density at radius 1 is 1.16 bits per heavy atom. The molecular weight excluding hydrogens is 408 g/mol. The van der Waals surface area contributed by atoms with E-state index in [0.29, 0.717) is 5.58 Å². The van der Waals surface area contributed by atoms with Crippen molar-refractivity contribution in [1.29, 1.82) is 0 Å². The first-order valence-electron chi connectivity index (χ1n) is 10.3. The molecule has 1 unspecified atom stereocenters. The number of aliphatic hydroxyl groups is 1. The molecule has 4 aromatic rings. The summed E-state index contributed by atoms with van der Waals surface area (Å²) >= 11 is 0. The summed E-state index contributed by atoms with van der Waals surface area (Å²) in [6.45, 7) is 0.497. The molecule has 162 valence electrons. The molecule has 1 aliphatic heterocycles. The lowest BCUT2D eigenvalue weighted by Gasteiger charge is -2.26. The third kappa shape index (κ3) is 3.01. The van der Waals surface area contributed by atoms with Crippen molar-refractivity contribution in [2.75, 3.05) is 20.3 Å². The molecule has 2 aromatic heterocycles. The first-order valence-corrected chi connectivity index (χ1v) is 10.3. The number of carbonyl (C=O) groups excluding carboxylic acids is 2. The number of aliphatic hydroxyl groups excluding tert-OH is 1. The average molecular weight is 430 g/mol. The SMILES string of the molecule is COCCN1C(=O)C(O)=C(C(=O)c2cc3ccccc3o2)C1c1cn(C)c2ccccc12. The molecule has 0 spiro atoms. The van der Waals surface area contributed by atoms with Gasteiger partial charge in [-0.2, -0.15) is 0 Å². The minimum atomic E-state index is -0.760. The Labute approximate surface area is 184 Å². The van der Waals surface area contributed by atoms with E-state index >= 15 is 0 Å². The van der Waals surface area contributed by atoms with E-state index in [4.69, 9.17) is 9.15 Å². The largest absolute Gasteiger partial charge is 0.503 e. The van der Waals surface area contributed by atoms with Crippen LogP contribution < -0.4 is 0 Å². The molecule has 32 heavy (non-hydrogen) atoms. The van der Waals surface area contributed by atoms with Gasteiger partial charge in [0.2, 0.25) is 5.78 Å². The van der Waals surface area contributed by atoms with Crippen molar-refractivity contribution in [3.63, 3.8) is 0 Å². The van der Waals surface area contributed by atoms with Crippen molar-refractivity contribution in [3.8, 4) is 0 Å². The number of ether oxygens (including phenoxy) is 1. The van der Waals surface area contributed by atoms with E-state index in [-0.39, 0.29) is 24.5 Å². The van der Waals surface area contributed by atoms with Gasteiger partial charge in [0.25, 0.3) is 5.91 Å². The van der Waals surface area contributed by atoms with Crippen LogP contribution in [0.25, 0.3) is 21.9 Å². The minimum Gasteiger partial charge on any atom is -0.503 e. The number of para-hydroxylation sites is 2. The van der Waals surface area contributed by atoms with Crippen molar-refractivity contribution in [2.24, 2.45) is 7.05 Å². The topological polar surface area (TPSA) is 84.9 Å². The van der Waals surface area contributed by atoms with E-state index in [1.807, 2.05) is 60.3 Å². The lowest BCUT2D eigenvalue weighted by molar-refractivity contribution is -0.130. The highest BCUT2D eigenvalue weighted by atomic mass is 16.5. The number of nitrogens with zero attached hydrogens (tertiary/aromatic N) is 2. The van der Waals surface area contributed by atoms with E-state index in [1.54, 1.807) is 19.2 Å². The van der Waals surface area contributed by atoms with E-state index in [2.05, 4.69) is 0 Å². The molecule has 0 saturated heterocycles. The number of amides is 1. The van der Waals surface area contributed by atoms with Gasteiger partial charge in [0, 0.05) is 48.8 Å². The summed E-state index contributed by atoms with van der Waals surface area (Å²) in [5.74, 6) is -1.58. The number of ketones is 1. The summed E-state index contributed by atoms with van der Waals surface area (Å²) in [6.07, 6.45) is 1.90. The number of hydrogen-bond acceptors (Lipinski definition) is 5. The predicted octanol–water partition coefficient (Wildman–Crippen LogP) is 4.15. The van der Waals surface area contributed by atoms with Gasteiger partial charge >= 0.3 is 0 Å². The molecule has 1 N–H and O–H groups in total. The Morgan fingerprint density at radius 2 is 1.91 bits per heavy atom. The maximum absolute atomic E-state index is 13.6. The molecule has 5 rings (SSSR count). The van der Waals surface area contributed by atoms with Crippen LogP contribution in [0.3, 0.4) is 0 Å². The quantitative estimate of drug-likeness (QED) is 0.465. The zero-order chi connectivity index (χ0) is 22.4. The van der Waals surface area contributed by atoms with E-state index < -0.39 is 23.5 Å². The standard InChI is InChI=1S/C25H22N2O5/c1-26-14-17(16-8-4-5-9-18(16)26)22-21(24(29)25(30)27(22)11-12-31-2)23(28)20-13-15-7-3-6-10-19(15)32-20/h3-10,13-14,22,29H,11-12H2,1-2H3. The maximum atomic E-state index is 13.6. The molecule has 0 fully saturated rings. The summed E-state index contributed by atoms with van der Waals surface area (Å²) in [5.41, 5.74) is 2.30. The van der Waals surface area contributed by atoms with Crippen LogP contribution in [0, 0.1) is 0 Å². The Hall–Kier alpha value is -3.84. The molecule has 0 radical (unpaired) electrons. The molecule has 1 amide bonds. The van der Waals surface area contributed by atoms with Crippen LogP contribution in [-0.2, 0) is 16.6 Å². The van der Waals surface area contributed by atoms with Gasteiger partial charge in [-0.25, -0.2) is 0 Å². The number of fused-ring (bicyclic) bond motifs is 2. The third-order valence-corrected chi connectivity index (χ3v) is 5.96. The summed E-state index contributed by atoms with van der Waals surface area (Å²) < 4.78 is 12.9. The van der Waals surface area contributed by atoms with Gasteiger partial charge in [-0.05, 0) is 18.2 Å². The monoisotopic (exact) mass is 430 g/mol. The second-order valence-electron chi connectivity index (χ2n) is 7.85. The molecule has 0 aliphatic carbocycles. The van der Waals surface area contributed by atoms with Crippen LogP contribution in [0.4, 0.5) is 0 Å². The van der Waals surface area contributed by atoms with E-state index in [0.717, 1.165) is 21.9 Å². The average Bonchev–Trinajstić information content (AvgIpc) is 3.45. The number of Topliss-reactive ketones (excluding diaryl/α,β-unsaturated/α-hetero) is 1. The highest BCUT2D eigenvalue weighted by Gasteiger charge is 2.45. The number of rotatable bonds is 6. The molecule has 1 aliphatic rings. The third-order valence-electron chi connectivity index (χ3n) is 5.96. The van der Waals surface area contributed by atoms with E-state index in [1.165, 1.54) is 4.90 Å². The predicted molar refractivity (Wildman–Crippen MR) is 119 cm³/mol. The Kier molecular flexibility index (Phi) is 4.83. The number of carbonyl (C=O) groups is 2. The lowest BCUT2D eigenvalue weighted by Crippen LogP contribution is -2.33. The van der Waals surface area contributed by atoms with Crippen molar-refractivity contribution in [2.45, 2.75) is 6.04 Å². The van der Waals surface area contributed by atoms with Gasteiger partial charge in [0.05, 0.1) is 18.2 Å². The van der Waals surface area contributed by atoms with Crippen LogP contribution in [0.5, 0.6) is 0 Å². The van der Waals surface area contributed by atoms with Crippen LogP contribution in [0.1, 0.15) is 22.2 Å². The second-order valence-corrected chi connectivity index (χ2v) is 7.85. The van der Waals surface area contributed by atoms with Crippen molar-refractivity contribution >= 4 is 33.6 Å². The van der Waals surface area contributed by atoms with Gasteiger partial charge in [0.1, 0.15) is 5.58 Å². The minimum absolute atomic E-state index is 0.0153. The molecule has 2 aromatic carbocycles. The maximum Gasteiger partial charge on any atom is 0.290 e. The van der Waals surface area contributed by atoms with Crippen molar-refractivity contribution < 1.29 is 23.8 Å². The number of aromatic nitrogens is 1. The number of furan rings is 1. The first kappa shape index (κ1) is 20.1. The van der Waals surface area contributed by atoms with E-state index in [9.17, 15) is 14.7 Å². The molecule has 0 saturated carbocycles. The van der Waals surface area contributed by atoms with Gasteiger partial charge in [-0.3, -0.25) is 9.59 Å². The number of hydrogen-bond donors (Lipinski definition) is 1. The van der Waals surface area contributed by atoms with Gasteiger partial charge in [-0.15, -0.1) is 0 Å². The molecule has 3 heterocycles. The molecule has 0 bridgehead atoms. The Morgan fingerprint density at radius 3 is 2.69 bits per heavy atom.